The van der Waals surface area contributed by atoms with E-state index >= 15 is 0 Å². The zero-order chi connectivity index (χ0) is 19.5. The highest BCUT2D eigenvalue weighted by Crippen LogP contribution is 2.22. The van der Waals surface area contributed by atoms with E-state index in [9.17, 15) is 18.0 Å². The Morgan fingerprint density at radius 1 is 1.27 bits per heavy atom. The molecule has 0 radical (unpaired) electrons. The molecule has 1 fully saturated rings. The summed E-state index contributed by atoms with van der Waals surface area (Å²) in [6.45, 7) is 0.389. The topological polar surface area (TPSA) is 78.0 Å². The fourth-order valence-electron chi connectivity index (χ4n) is 2.85. The van der Waals surface area contributed by atoms with Crippen LogP contribution in [0.1, 0.15) is 23.2 Å². The molecule has 1 aromatic rings. The van der Waals surface area contributed by atoms with Crippen molar-refractivity contribution >= 4 is 33.4 Å². The van der Waals surface area contributed by atoms with E-state index in [2.05, 4.69) is 0 Å². The Morgan fingerprint density at radius 3 is 2.58 bits per heavy atom. The second-order valence-corrected chi connectivity index (χ2v) is 9.37. The summed E-state index contributed by atoms with van der Waals surface area (Å²) in [6.07, 6.45) is 1.05. The van der Waals surface area contributed by atoms with Crippen LogP contribution < -0.4 is 0 Å². The highest BCUT2D eigenvalue weighted by Gasteiger charge is 2.36. The van der Waals surface area contributed by atoms with Gasteiger partial charge in [0.1, 0.15) is 0 Å². The first-order valence-corrected chi connectivity index (χ1v) is 10.2. The Balaban J connectivity index is 2.11. The van der Waals surface area contributed by atoms with Gasteiger partial charge < -0.3 is 9.80 Å². The van der Waals surface area contributed by atoms with Crippen LogP contribution in [0.2, 0.25) is 5.02 Å². The molecule has 9 heteroatoms. The molecule has 26 heavy (non-hydrogen) atoms. The molecule has 1 aromatic carbocycles. The lowest BCUT2D eigenvalue weighted by Gasteiger charge is -2.34. The van der Waals surface area contributed by atoms with Gasteiger partial charge in [0.15, 0.2) is 0 Å². The fourth-order valence-corrected chi connectivity index (χ4v) is 4.67. The van der Waals surface area contributed by atoms with Crippen molar-refractivity contribution in [1.82, 2.24) is 14.1 Å². The minimum Gasteiger partial charge on any atom is -0.348 e. The number of amides is 2. The van der Waals surface area contributed by atoms with E-state index in [1.807, 2.05) is 0 Å². The molecule has 0 bridgehead atoms. The maximum Gasteiger partial charge on any atom is 0.253 e. The van der Waals surface area contributed by atoms with Crippen LogP contribution in [0.3, 0.4) is 0 Å². The summed E-state index contributed by atoms with van der Waals surface area (Å²) in [6, 6.07) is 6.60. The lowest BCUT2D eigenvalue weighted by molar-refractivity contribution is -0.128. The molecule has 1 heterocycles. The summed E-state index contributed by atoms with van der Waals surface area (Å²) in [4.78, 5) is 27.4. The van der Waals surface area contributed by atoms with Crippen molar-refractivity contribution in [2.24, 2.45) is 0 Å². The minimum absolute atomic E-state index is 0.105. The molecule has 1 aliphatic rings. The monoisotopic (exact) mass is 401 g/mol. The lowest BCUT2D eigenvalue weighted by atomic mass is 10.1. The average molecular weight is 402 g/mol. The van der Waals surface area contributed by atoms with Gasteiger partial charge in [0.25, 0.3) is 5.91 Å². The molecule has 0 saturated carbocycles. The number of hydrogen-bond donors (Lipinski definition) is 0. The smallest absolute Gasteiger partial charge is 0.253 e. The van der Waals surface area contributed by atoms with Gasteiger partial charge in [-0.3, -0.25) is 9.59 Å². The van der Waals surface area contributed by atoms with Gasteiger partial charge in [-0.1, -0.05) is 17.7 Å². The molecule has 1 saturated heterocycles. The molecule has 0 spiro atoms. The predicted molar refractivity (Wildman–Crippen MR) is 101 cm³/mol. The van der Waals surface area contributed by atoms with E-state index < -0.39 is 15.3 Å². The molecular formula is C17H24ClN3O4S. The summed E-state index contributed by atoms with van der Waals surface area (Å²) < 4.78 is 26.7. The number of piperidine rings is 1. The normalized spacial score (nSPS) is 18.0. The van der Waals surface area contributed by atoms with Crippen molar-refractivity contribution in [3.8, 4) is 0 Å². The third-order valence-electron chi connectivity index (χ3n) is 4.45. The van der Waals surface area contributed by atoms with Crippen LogP contribution >= 0.6 is 11.6 Å². The number of benzene rings is 1. The van der Waals surface area contributed by atoms with Crippen LogP contribution in [-0.4, -0.2) is 80.4 Å². The summed E-state index contributed by atoms with van der Waals surface area (Å²) in [7, 11) is 0.872. The number of halogens is 1. The van der Waals surface area contributed by atoms with Crippen LogP contribution in [0, 0.1) is 0 Å². The summed E-state index contributed by atoms with van der Waals surface area (Å²) >= 11 is 5.94. The Morgan fingerprint density at radius 2 is 1.96 bits per heavy atom. The molecule has 1 aliphatic heterocycles. The number of nitrogens with zero attached hydrogens (tertiary/aromatic N) is 3. The number of rotatable bonds is 5. The molecule has 0 aromatic heterocycles. The van der Waals surface area contributed by atoms with E-state index in [0.29, 0.717) is 30.0 Å². The Kier molecular flexibility index (Phi) is 6.65. The first-order chi connectivity index (χ1) is 12.1. The number of hydrogen-bond acceptors (Lipinski definition) is 4. The molecule has 1 unspecified atom stereocenters. The first kappa shape index (κ1) is 20.7. The number of likely N-dealkylation sites (tertiary alicyclic amines) is 1. The van der Waals surface area contributed by atoms with E-state index in [4.69, 9.17) is 11.6 Å². The summed E-state index contributed by atoms with van der Waals surface area (Å²) in [5, 5.41) is -0.265. The second-order valence-electron chi connectivity index (χ2n) is 6.61. The third kappa shape index (κ3) is 4.75. The molecule has 2 amide bonds. The van der Waals surface area contributed by atoms with Crippen LogP contribution in [-0.2, 0) is 14.8 Å². The number of carbonyl (C=O) groups excluding carboxylic acids is 2. The average Bonchev–Trinajstić information content (AvgIpc) is 2.60. The van der Waals surface area contributed by atoms with E-state index in [1.165, 1.54) is 11.9 Å². The van der Waals surface area contributed by atoms with E-state index in [0.717, 1.165) is 4.31 Å². The molecule has 0 N–H and O–H groups in total. The molecule has 1 atom stereocenters. The fraction of sp³-hybridized carbons (Fsp3) is 0.529. The molecule has 2 rings (SSSR count). The number of likely N-dealkylation sites (N-methyl/N-ethyl adjacent to an activating group) is 2. The Hall–Kier alpha value is -1.64. The first-order valence-electron chi connectivity index (χ1n) is 8.33. The van der Waals surface area contributed by atoms with Gasteiger partial charge in [-0.15, -0.1) is 0 Å². The number of carbonyl (C=O) groups is 2. The van der Waals surface area contributed by atoms with Crippen LogP contribution in [0.4, 0.5) is 0 Å². The zero-order valence-corrected chi connectivity index (χ0v) is 16.8. The van der Waals surface area contributed by atoms with Crippen molar-refractivity contribution in [3.63, 3.8) is 0 Å². The van der Waals surface area contributed by atoms with Crippen molar-refractivity contribution < 1.29 is 18.0 Å². The lowest BCUT2D eigenvalue weighted by Crippen LogP contribution is -2.50. The Bertz CT molecular complexity index is 782. The molecular weight excluding hydrogens is 378 g/mol. The predicted octanol–water partition coefficient (Wildman–Crippen LogP) is 1.29. The van der Waals surface area contributed by atoms with E-state index in [1.54, 1.807) is 43.3 Å². The maximum absolute atomic E-state index is 12.8. The quantitative estimate of drug-likeness (QED) is 0.744. The minimum atomic E-state index is -3.68. The molecule has 144 valence electrons. The highest BCUT2D eigenvalue weighted by atomic mass is 35.5. The van der Waals surface area contributed by atoms with Gasteiger partial charge in [0, 0.05) is 44.8 Å². The van der Waals surface area contributed by atoms with Gasteiger partial charge in [-0.2, -0.15) is 4.31 Å². The van der Waals surface area contributed by atoms with Crippen molar-refractivity contribution in [1.29, 1.82) is 0 Å². The van der Waals surface area contributed by atoms with Gasteiger partial charge in [0.2, 0.25) is 15.9 Å². The van der Waals surface area contributed by atoms with E-state index in [-0.39, 0.29) is 24.9 Å². The van der Waals surface area contributed by atoms with Crippen molar-refractivity contribution in [2.45, 2.75) is 18.1 Å². The summed E-state index contributed by atoms with van der Waals surface area (Å²) in [5.41, 5.74) is 0.437. The van der Waals surface area contributed by atoms with Gasteiger partial charge in [-0.25, -0.2) is 8.42 Å². The summed E-state index contributed by atoms with van der Waals surface area (Å²) in [5.74, 6) is -0.529. The molecule has 7 nitrogen and oxygen atoms in total. The SMILES string of the molecule is CN(C)C(=O)CN(C)S(=O)(=O)C1CCCN(C(=O)c2cccc(Cl)c2)C1. The molecule has 0 aliphatic carbocycles. The van der Waals surface area contributed by atoms with Crippen molar-refractivity contribution in [2.75, 3.05) is 40.8 Å². The van der Waals surface area contributed by atoms with Crippen LogP contribution in [0.5, 0.6) is 0 Å². The van der Waals surface area contributed by atoms with Crippen LogP contribution in [0.15, 0.2) is 24.3 Å². The largest absolute Gasteiger partial charge is 0.348 e. The Labute approximate surface area is 159 Å². The number of sulfonamides is 1. The maximum atomic E-state index is 12.8. The van der Waals surface area contributed by atoms with Crippen molar-refractivity contribution in [3.05, 3.63) is 34.9 Å². The highest BCUT2D eigenvalue weighted by molar-refractivity contribution is 7.89. The zero-order valence-electron chi connectivity index (χ0n) is 15.2. The van der Waals surface area contributed by atoms with Crippen LogP contribution in [0.25, 0.3) is 0 Å². The van der Waals surface area contributed by atoms with Gasteiger partial charge in [-0.05, 0) is 31.0 Å². The third-order valence-corrected chi connectivity index (χ3v) is 6.91. The standard InChI is InChI=1S/C17H24ClN3O4S/c1-19(2)16(22)12-20(3)26(24,25)15-8-5-9-21(11-15)17(23)13-6-4-7-14(18)10-13/h4,6-7,10,15H,5,8-9,11-12H2,1-3H3. The second kappa shape index (κ2) is 8.37. The van der Waals surface area contributed by atoms with Gasteiger partial charge in [0.05, 0.1) is 11.8 Å². The van der Waals surface area contributed by atoms with Gasteiger partial charge >= 0.3 is 0 Å².